The molecular weight excluding hydrogens is 484 g/mol. The van der Waals surface area contributed by atoms with Crippen LogP contribution in [0.2, 0.25) is 0 Å². The molecule has 0 amide bonds. The molecule has 4 heteroatoms. The number of carbonyl (C=O) groups is 1. The van der Waals surface area contributed by atoms with Crippen molar-refractivity contribution < 1.29 is 19.0 Å². The highest BCUT2D eigenvalue weighted by atomic mass is 16.5. The van der Waals surface area contributed by atoms with Gasteiger partial charge in [-0.1, -0.05) is 78.9 Å². The van der Waals surface area contributed by atoms with E-state index < -0.39 is 0 Å². The van der Waals surface area contributed by atoms with Crippen molar-refractivity contribution in [3.63, 3.8) is 0 Å². The lowest BCUT2D eigenvalue weighted by atomic mass is 9.69. The topological polar surface area (TPSA) is 44.8 Å². The minimum absolute atomic E-state index is 0.131. The molecule has 198 valence electrons. The molecule has 0 aliphatic heterocycles. The van der Waals surface area contributed by atoms with Gasteiger partial charge in [-0.25, -0.2) is 0 Å². The highest BCUT2D eigenvalue weighted by Crippen LogP contribution is 2.47. The molecule has 0 radical (unpaired) electrons. The first-order valence-electron chi connectivity index (χ1n) is 13.9. The number of rotatable bonds is 10. The van der Waals surface area contributed by atoms with Gasteiger partial charge < -0.3 is 19.0 Å². The summed E-state index contributed by atoms with van der Waals surface area (Å²) in [5, 5.41) is 0. The summed E-state index contributed by atoms with van der Waals surface area (Å²) < 4.78 is 17.8. The average molecular weight is 519 g/mol. The van der Waals surface area contributed by atoms with Gasteiger partial charge in [0.2, 0.25) is 0 Å². The molecule has 0 saturated heterocycles. The Morgan fingerprint density at radius 2 is 1.46 bits per heavy atom. The lowest BCUT2D eigenvalue weighted by Gasteiger charge is -2.36. The van der Waals surface area contributed by atoms with Crippen molar-refractivity contribution in [3.05, 3.63) is 131 Å². The van der Waals surface area contributed by atoms with Crippen molar-refractivity contribution in [1.82, 2.24) is 0 Å². The summed E-state index contributed by atoms with van der Waals surface area (Å²) in [5.74, 6) is 2.48. The van der Waals surface area contributed by atoms with E-state index in [4.69, 9.17) is 14.2 Å². The first-order valence-corrected chi connectivity index (χ1v) is 13.9. The molecule has 0 bridgehead atoms. The van der Waals surface area contributed by atoms with Crippen LogP contribution in [0.5, 0.6) is 11.5 Å². The second kappa shape index (κ2) is 11.9. The van der Waals surface area contributed by atoms with E-state index in [1.807, 2.05) is 18.2 Å². The van der Waals surface area contributed by atoms with E-state index in [-0.39, 0.29) is 24.7 Å². The van der Waals surface area contributed by atoms with Gasteiger partial charge in [0, 0.05) is 18.8 Å². The fraction of sp³-hybridized carbons (Fsp3) is 0.286. The van der Waals surface area contributed by atoms with Crippen LogP contribution in [0, 0.1) is 0 Å². The maximum atomic E-state index is 10.5. The van der Waals surface area contributed by atoms with E-state index in [1.165, 1.54) is 27.8 Å². The molecule has 4 nitrogen and oxygen atoms in total. The van der Waals surface area contributed by atoms with Gasteiger partial charge in [0.25, 0.3) is 0 Å². The third-order valence-corrected chi connectivity index (χ3v) is 8.05. The van der Waals surface area contributed by atoms with E-state index in [0.29, 0.717) is 12.5 Å². The third kappa shape index (κ3) is 5.91. The van der Waals surface area contributed by atoms with E-state index >= 15 is 0 Å². The number of ether oxygens (including phenoxy) is 3. The molecule has 6 rings (SSSR count). The lowest BCUT2D eigenvalue weighted by molar-refractivity contribution is -0.119. The molecule has 0 N–H and O–H groups in total. The van der Waals surface area contributed by atoms with Crippen LogP contribution in [0.4, 0.5) is 0 Å². The van der Waals surface area contributed by atoms with Gasteiger partial charge in [0.05, 0.1) is 6.10 Å². The van der Waals surface area contributed by atoms with Crippen molar-refractivity contribution in [1.29, 1.82) is 0 Å². The summed E-state index contributed by atoms with van der Waals surface area (Å²) >= 11 is 0. The number of aryl methyl sites for hydroxylation is 1. The zero-order chi connectivity index (χ0) is 26.4. The van der Waals surface area contributed by atoms with Crippen molar-refractivity contribution in [2.24, 2.45) is 0 Å². The van der Waals surface area contributed by atoms with Crippen LogP contribution in [-0.4, -0.2) is 25.1 Å². The Balaban J connectivity index is 1.21. The largest absolute Gasteiger partial charge is 0.490 e. The predicted octanol–water partition coefficient (Wildman–Crippen LogP) is 7.25. The van der Waals surface area contributed by atoms with Crippen LogP contribution in [0.3, 0.4) is 0 Å². The van der Waals surface area contributed by atoms with Crippen LogP contribution in [-0.2, 0) is 22.6 Å². The van der Waals surface area contributed by atoms with E-state index in [9.17, 15) is 4.79 Å². The SMILES string of the molecule is O=CCO[C@H]1C[C@H](Oc2ccc([C@@H]3c4ccc(OCc5ccccc5)cc4CC[C@@H]3c3ccccc3)cc2)C1. The molecule has 2 atom stereocenters. The van der Waals surface area contributed by atoms with Crippen molar-refractivity contribution in [2.75, 3.05) is 6.61 Å². The number of fused-ring (bicyclic) bond motifs is 1. The molecule has 4 aromatic carbocycles. The Hall–Kier alpha value is -3.89. The second-order valence-electron chi connectivity index (χ2n) is 10.6. The molecule has 39 heavy (non-hydrogen) atoms. The summed E-state index contributed by atoms with van der Waals surface area (Å²) in [7, 11) is 0. The van der Waals surface area contributed by atoms with E-state index in [2.05, 4.69) is 84.9 Å². The number of aldehydes is 1. The lowest BCUT2D eigenvalue weighted by Crippen LogP contribution is -2.39. The zero-order valence-corrected chi connectivity index (χ0v) is 22.1. The molecule has 0 unspecified atom stereocenters. The van der Waals surface area contributed by atoms with E-state index in [1.54, 1.807) is 0 Å². The van der Waals surface area contributed by atoms with Crippen LogP contribution in [0.25, 0.3) is 0 Å². The Kier molecular flexibility index (Phi) is 7.73. The van der Waals surface area contributed by atoms with Crippen LogP contribution in [0.1, 0.15) is 58.9 Å². The van der Waals surface area contributed by atoms with Gasteiger partial charge in [-0.3, -0.25) is 0 Å². The zero-order valence-electron chi connectivity index (χ0n) is 22.1. The monoisotopic (exact) mass is 518 g/mol. The molecule has 1 fully saturated rings. The van der Waals surface area contributed by atoms with Crippen LogP contribution in [0.15, 0.2) is 103 Å². The predicted molar refractivity (Wildman–Crippen MR) is 152 cm³/mol. The summed E-state index contributed by atoms with van der Waals surface area (Å²) in [6.45, 7) is 0.736. The maximum absolute atomic E-state index is 10.5. The summed E-state index contributed by atoms with van der Waals surface area (Å²) in [4.78, 5) is 10.5. The molecule has 1 saturated carbocycles. The number of carbonyl (C=O) groups excluding carboxylic acids is 1. The molecule has 2 aliphatic rings. The standard InChI is InChI=1S/C35H34O4/c36-19-20-37-31-22-32(23-31)39-29-14-11-27(12-15-29)35-33(26-9-5-2-6-10-26)17-13-28-21-30(16-18-34(28)35)38-24-25-7-3-1-4-8-25/h1-12,14-16,18-19,21,31-33,35H,13,17,20,22-24H2/t31-,32-,33-,35+/m1/s1. The van der Waals surface area contributed by atoms with Crippen molar-refractivity contribution in [2.45, 2.75) is 56.3 Å². The molecule has 0 spiro atoms. The minimum atomic E-state index is 0.131. The van der Waals surface area contributed by atoms with Gasteiger partial charge in [0.15, 0.2) is 0 Å². The number of hydrogen-bond acceptors (Lipinski definition) is 4. The fourth-order valence-corrected chi connectivity index (χ4v) is 5.97. The minimum Gasteiger partial charge on any atom is -0.490 e. The van der Waals surface area contributed by atoms with Crippen molar-refractivity contribution >= 4 is 6.29 Å². The molecule has 0 heterocycles. The number of benzene rings is 4. The van der Waals surface area contributed by atoms with E-state index in [0.717, 1.165) is 43.5 Å². The first-order chi connectivity index (χ1) is 19.3. The van der Waals surface area contributed by atoms with Gasteiger partial charge in [-0.2, -0.15) is 0 Å². The molecule has 4 aromatic rings. The Morgan fingerprint density at radius 1 is 0.744 bits per heavy atom. The normalized spacial score (nSPS) is 21.8. The molecule has 0 aromatic heterocycles. The Bertz CT molecular complexity index is 1360. The van der Waals surface area contributed by atoms with Crippen LogP contribution >= 0.6 is 0 Å². The van der Waals surface area contributed by atoms with Gasteiger partial charge in [0.1, 0.15) is 37.1 Å². The Morgan fingerprint density at radius 3 is 2.21 bits per heavy atom. The first kappa shape index (κ1) is 25.4. The quantitative estimate of drug-likeness (QED) is 0.207. The van der Waals surface area contributed by atoms with Crippen molar-refractivity contribution in [3.8, 4) is 11.5 Å². The van der Waals surface area contributed by atoms with Gasteiger partial charge in [-0.15, -0.1) is 0 Å². The fourth-order valence-electron chi connectivity index (χ4n) is 5.97. The average Bonchev–Trinajstić information content (AvgIpc) is 2.98. The maximum Gasteiger partial charge on any atom is 0.145 e. The summed E-state index contributed by atoms with van der Waals surface area (Å²) in [6, 6.07) is 36.5. The van der Waals surface area contributed by atoms with Gasteiger partial charge in [-0.05, 0) is 70.8 Å². The van der Waals surface area contributed by atoms with Gasteiger partial charge >= 0.3 is 0 Å². The smallest absolute Gasteiger partial charge is 0.145 e. The summed E-state index contributed by atoms with van der Waals surface area (Å²) in [5.41, 5.74) is 6.61. The number of hydrogen-bond donors (Lipinski definition) is 0. The molecule has 2 aliphatic carbocycles. The summed E-state index contributed by atoms with van der Waals surface area (Å²) in [6.07, 6.45) is 4.86. The second-order valence-corrected chi connectivity index (χ2v) is 10.6. The highest BCUT2D eigenvalue weighted by molar-refractivity contribution is 5.50. The molecular formula is C35H34O4. The Labute approximate surface area is 230 Å². The third-order valence-electron chi connectivity index (χ3n) is 8.05. The van der Waals surface area contributed by atoms with Crippen LogP contribution < -0.4 is 9.47 Å². The highest BCUT2D eigenvalue weighted by Gasteiger charge is 2.33.